The van der Waals surface area contributed by atoms with Crippen molar-refractivity contribution in [3.8, 4) is 0 Å². The maximum Gasteiger partial charge on any atom is 0.338 e. The molecule has 1 unspecified atom stereocenters. The Labute approximate surface area is 362 Å². The van der Waals surface area contributed by atoms with E-state index in [0.717, 1.165) is 9.13 Å². The lowest BCUT2D eigenvalue weighted by atomic mass is 10.1. The summed E-state index contributed by atoms with van der Waals surface area (Å²) >= 11 is 0. The van der Waals surface area contributed by atoms with Gasteiger partial charge in [-0.25, -0.2) is 24.4 Å². The molecule has 5 aromatic rings. The van der Waals surface area contributed by atoms with Gasteiger partial charge in [0.1, 0.15) is 31.0 Å². The Bertz CT molecular complexity index is 2630. The fraction of sp³-hybridized carbons (Fsp3) is 0.279. The summed E-state index contributed by atoms with van der Waals surface area (Å²) in [6, 6.07) is 24.3. The summed E-state index contributed by atoms with van der Waals surface area (Å²) in [5.41, 5.74) is 8.81. The number of aliphatic hydroxyl groups excluding tert-OH is 3. The Hall–Kier alpha value is -7.43. The van der Waals surface area contributed by atoms with Crippen LogP contribution in [0.3, 0.4) is 0 Å². The number of primary amides is 2. The van der Waals surface area contributed by atoms with Crippen LogP contribution in [0.15, 0.2) is 113 Å². The van der Waals surface area contributed by atoms with Crippen LogP contribution < -0.4 is 22.6 Å². The lowest BCUT2D eigenvalue weighted by molar-refractivity contribution is -0.0637. The van der Waals surface area contributed by atoms with E-state index < -0.39 is 115 Å². The zero-order valence-corrected chi connectivity index (χ0v) is 34.0. The number of ether oxygens (including phenoxy) is 5. The van der Waals surface area contributed by atoms with Crippen LogP contribution in [0.25, 0.3) is 0 Å². The highest BCUT2D eigenvalue weighted by Crippen LogP contribution is 2.35. The largest absolute Gasteiger partial charge is 0.459 e. The molecule has 4 heterocycles. The van der Waals surface area contributed by atoms with Gasteiger partial charge in [0.2, 0.25) is 0 Å². The van der Waals surface area contributed by atoms with Crippen LogP contribution in [0.1, 0.15) is 75.9 Å². The molecule has 7 rings (SSSR count). The molecule has 2 fully saturated rings. The minimum atomic E-state index is -1.45. The summed E-state index contributed by atoms with van der Waals surface area (Å²) in [6.07, 6.45) is -7.93. The number of esters is 3. The fourth-order valence-corrected chi connectivity index (χ4v) is 6.76. The molecule has 0 aliphatic carbocycles. The van der Waals surface area contributed by atoms with E-state index in [4.69, 9.17) is 40.3 Å². The van der Waals surface area contributed by atoms with Crippen LogP contribution in [-0.2, 0) is 23.7 Å². The van der Waals surface area contributed by atoms with Crippen molar-refractivity contribution in [2.45, 2.75) is 62.9 Å². The van der Waals surface area contributed by atoms with Crippen molar-refractivity contribution in [2.24, 2.45) is 11.5 Å². The topological polar surface area (TPSA) is 314 Å². The number of amides is 2. The van der Waals surface area contributed by atoms with E-state index in [9.17, 15) is 43.8 Å². The molecular formula is C43H42N6O15. The van der Waals surface area contributed by atoms with E-state index in [1.807, 2.05) is 0 Å². The van der Waals surface area contributed by atoms with Crippen LogP contribution in [0.5, 0.6) is 0 Å². The van der Waals surface area contributed by atoms with Crippen molar-refractivity contribution >= 4 is 29.7 Å². The molecule has 2 amide bonds. The number of hydrogen-bond donors (Lipinski definition) is 5. The molecule has 2 aromatic heterocycles. The van der Waals surface area contributed by atoms with E-state index in [-0.39, 0.29) is 22.4 Å². The quantitative estimate of drug-likeness (QED) is 0.0821. The second-order valence-corrected chi connectivity index (χ2v) is 14.3. The number of aryl methyl sites for hydroxylation is 2. The van der Waals surface area contributed by atoms with E-state index in [2.05, 4.69) is 9.97 Å². The van der Waals surface area contributed by atoms with E-state index in [1.54, 1.807) is 66.7 Å². The zero-order chi connectivity index (χ0) is 46.2. The second-order valence-electron chi connectivity index (χ2n) is 14.3. The van der Waals surface area contributed by atoms with Crippen molar-refractivity contribution in [3.63, 3.8) is 0 Å². The molecule has 3 aromatic carbocycles. The molecule has 2 saturated heterocycles. The highest BCUT2D eigenvalue weighted by Gasteiger charge is 2.52. The molecule has 2 aliphatic heterocycles. The summed E-state index contributed by atoms with van der Waals surface area (Å²) in [7, 11) is 0. The summed E-state index contributed by atoms with van der Waals surface area (Å²) in [6.45, 7) is 2.09. The summed E-state index contributed by atoms with van der Waals surface area (Å²) < 4.78 is 30.5. The van der Waals surface area contributed by atoms with Crippen LogP contribution in [-0.4, -0.2) is 114 Å². The Morgan fingerprint density at radius 2 is 1.02 bits per heavy atom. The maximum atomic E-state index is 13.3. The van der Waals surface area contributed by atoms with Gasteiger partial charge in [-0.2, -0.15) is 0 Å². The molecule has 2 aliphatic rings. The van der Waals surface area contributed by atoms with Gasteiger partial charge in [0.05, 0.1) is 34.7 Å². The molecule has 7 N–H and O–H groups in total. The Morgan fingerprint density at radius 3 is 1.44 bits per heavy atom. The molecular weight excluding hydrogens is 840 g/mol. The van der Waals surface area contributed by atoms with E-state index in [1.165, 1.54) is 50.5 Å². The number of rotatable bonds is 12. The minimum Gasteiger partial charge on any atom is -0.459 e. The average molecular weight is 883 g/mol. The Morgan fingerprint density at radius 1 is 0.609 bits per heavy atom. The molecule has 0 radical (unpaired) electrons. The Kier molecular flexibility index (Phi) is 14.5. The second kappa shape index (κ2) is 20.2. The first-order valence-electron chi connectivity index (χ1n) is 19.4. The standard InChI is InChI=1S/C32H27N3O9.C11H15N3O6/c1-19-17-35(28(37)24(34-19)27(33)36)29-26(44-32(40)22-15-9-4-10-16-22)25(43-31(39)21-13-7-3-8-14-21)23(42-29)18-41-30(38)20-11-5-2-6-12-20;1-4-2-14(10(19)6(13-4)9(12)18)11-8(17)7(16)5(3-15)20-11/h2-17,23,25-26,29H,18H2,1H3,(H2,33,36);2,5,7-8,11,15-17H,3H2,1H3,(H2,12,18)/t23-,25-,26?,29-;5-,7-,8-,11-/m11/s1. The fourth-order valence-electron chi connectivity index (χ4n) is 6.76. The third-order valence-corrected chi connectivity index (χ3v) is 9.81. The number of nitrogens with zero attached hydrogens (tertiary/aromatic N) is 4. The van der Waals surface area contributed by atoms with Gasteiger partial charge >= 0.3 is 17.9 Å². The lowest BCUT2D eigenvalue weighted by Crippen LogP contribution is -2.43. The van der Waals surface area contributed by atoms with Crippen molar-refractivity contribution < 1.29 is 63.0 Å². The number of benzene rings is 3. The van der Waals surface area contributed by atoms with Gasteiger partial charge in [-0.05, 0) is 50.2 Å². The minimum absolute atomic E-state index is 0.175. The number of carbonyl (C=O) groups is 5. The van der Waals surface area contributed by atoms with Crippen LogP contribution >= 0.6 is 0 Å². The van der Waals surface area contributed by atoms with Crippen LogP contribution in [0.2, 0.25) is 0 Å². The van der Waals surface area contributed by atoms with E-state index in [0.29, 0.717) is 5.69 Å². The molecule has 64 heavy (non-hydrogen) atoms. The van der Waals surface area contributed by atoms with Crippen molar-refractivity contribution in [1.82, 2.24) is 19.1 Å². The smallest absolute Gasteiger partial charge is 0.338 e. The van der Waals surface area contributed by atoms with Gasteiger partial charge < -0.3 is 50.5 Å². The number of aromatic nitrogens is 4. The number of hydrogen-bond acceptors (Lipinski definition) is 17. The molecule has 21 nitrogen and oxygen atoms in total. The van der Waals surface area contributed by atoms with Gasteiger partial charge in [-0.3, -0.25) is 28.3 Å². The van der Waals surface area contributed by atoms with E-state index >= 15 is 0 Å². The van der Waals surface area contributed by atoms with Gasteiger partial charge in [-0.15, -0.1) is 0 Å². The predicted molar refractivity (Wildman–Crippen MR) is 218 cm³/mol. The average Bonchev–Trinajstić information content (AvgIpc) is 3.78. The first kappa shape index (κ1) is 46.1. The highest BCUT2D eigenvalue weighted by molar-refractivity contribution is 5.92. The number of carbonyl (C=O) groups excluding carboxylic acids is 5. The number of nitrogens with two attached hydrogens (primary N) is 2. The third kappa shape index (κ3) is 10.3. The number of aliphatic hydroxyl groups is 3. The molecule has 0 bridgehead atoms. The van der Waals surface area contributed by atoms with Crippen molar-refractivity contribution in [1.29, 1.82) is 0 Å². The normalized spacial score (nSPS) is 22.4. The summed E-state index contributed by atoms with van der Waals surface area (Å²) in [5, 5.41) is 28.6. The molecule has 8 atom stereocenters. The van der Waals surface area contributed by atoms with Gasteiger partial charge in [0.25, 0.3) is 22.9 Å². The van der Waals surface area contributed by atoms with Gasteiger partial charge in [0.15, 0.2) is 36.1 Å². The first-order valence-corrected chi connectivity index (χ1v) is 19.4. The van der Waals surface area contributed by atoms with Crippen LogP contribution in [0.4, 0.5) is 0 Å². The first-order chi connectivity index (χ1) is 30.6. The predicted octanol–water partition coefficient (Wildman–Crippen LogP) is 0.118. The van der Waals surface area contributed by atoms with Gasteiger partial charge in [-0.1, -0.05) is 54.6 Å². The molecule has 21 heteroatoms. The van der Waals surface area contributed by atoms with Crippen LogP contribution in [0, 0.1) is 13.8 Å². The maximum absolute atomic E-state index is 13.3. The lowest BCUT2D eigenvalue weighted by Gasteiger charge is -2.25. The SMILES string of the molecule is Cc1cn([C@@H]2O[C@H](CO)[C@@H](O)[C@H]2O)c(=O)c(C(N)=O)n1.Cc1cn([C@@H]2O[C@H](COC(=O)c3ccccc3)[C@@H](OC(=O)c3ccccc3)C2OC(=O)c2ccccc2)c(=O)c(C(N)=O)n1. The summed E-state index contributed by atoms with van der Waals surface area (Å²) in [4.78, 5) is 95.6. The third-order valence-electron chi connectivity index (χ3n) is 9.81. The van der Waals surface area contributed by atoms with Gasteiger partial charge in [0, 0.05) is 12.4 Å². The molecule has 0 spiro atoms. The van der Waals surface area contributed by atoms with Crippen molar-refractivity contribution in [2.75, 3.05) is 13.2 Å². The van der Waals surface area contributed by atoms with Crippen molar-refractivity contribution in [3.05, 3.63) is 164 Å². The monoisotopic (exact) mass is 882 g/mol. The summed E-state index contributed by atoms with van der Waals surface area (Å²) in [5.74, 6) is -4.35. The highest BCUT2D eigenvalue weighted by atomic mass is 16.7. The Balaban J connectivity index is 0.000000284. The molecule has 334 valence electrons. The molecule has 0 saturated carbocycles. The zero-order valence-electron chi connectivity index (χ0n) is 34.0.